The van der Waals surface area contributed by atoms with Crippen LogP contribution < -0.4 is 4.74 Å². The van der Waals surface area contributed by atoms with E-state index in [9.17, 15) is 10.1 Å². The Kier molecular flexibility index (Phi) is 3.15. The molecule has 0 radical (unpaired) electrons. The number of benzene rings is 1. The van der Waals surface area contributed by atoms with Gasteiger partial charge in [0.05, 0.1) is 11.1 Å². The number of hydrogen-bond acceptors (Lipinski definition) is 6. The summed E-state index contributed by atoms with van der Waals surface area (Å²) in [5.41, 5.74) is 0.328. The van der Waals surface area contributed by atoms with Crippen LogP contribution in [0.1, 0.15) is 0 Å². The van der Waals surface area contributed by atoms with Gasteiger partial charge in [0.25, 0.3) is 0 Å². The van der Waals surface area contributed by atoms with E-state index in [1.807, 2.05) is 0 Å². The van der Waals surface area contributed by atoms with E-state index < -0.39 is 4.92 Å². The highest BCUT2D eigenvalue weighted by atomic mass is 35.5. The lowest BCUT2D eigenvalue weighted by molar-refractivity contribution is -0.385. The number of nitro groups is 1. The molecule has 0 saturated heterocycles. The van der Waals surface area contributed by atoms with Crippen LogP contribution in [-0.2, 0) is 7.05 Å². The molecule has 2 aromatic heterocycles. The number of nitro benzene ring substituents is 1. The largest absolute Gasteiger partial charge is 0.431 e. The highest BCUT2D eigenvalue weighted by Crippen LogP contribution is 2.34. The van der Waals surface area contributed by atoms with E-state index in [4.69, 9.17) is 16.3 Å². The monoisotopic (exact) mass is 305 g/mol. The van der Waals surface area contributed by atoms with E-state index >= 15 is 0 Å². The van der Waals surface area contributed by atoms with Crippen molar-refractivity contribution in [1.82, 2.24) is 19.7 Å². The molecule has 0 atom stereocenters. The standard InChI is InChI=1S/C12H8ClN5O3/c1-17-11-8(5-16-17)12(15-6-14-11)21-10-3-2-7(13)4-9(10)18(19)20/h2-6H,1H3. The maximum atomic E-state index is 11.0. The summed E-state index contributed by atoms with van der Waals surface area (Å²) < 4.78 is 7.10. The van der Waals surface area contributed by atoms with E-state index in [-0.39, 0.29) is 22.3 Å². The lowest BCUT2D eigenvalue weighted by atomic mass is 10.3. The number of fused-ring (bicyclic) bond motifs is 1. The molecule has 3 rings (SSSR count). The molecule has 21 heavy (non-hydrogen) atoms. The Balaban J connectivity index is 2.09. The number of aromatic nitrogens is 4. The van der Waals surface area contributed by atoms with Gasteiger partial charge in [-0.05, 0) is 12.1 Å². The van der Waals surface area contributed by atoms with Gasteiger partial charge in [-0.1, -0.05) is 11.6 Å². The van der Waals surface area contributed by atoms with Crippen molar-refractivity contribution in [3.05, 3.63) is 45.9 Å². The quantitative estimate of drug-likeness (QED) is 0.545. The fourth-order valence-corrected chi connectivity index (χ4v) is 2.01. The Bertz CT molecular complexity index is 848. The summed E-state index contributed by atoms with van der Waals surface area (Å²) in [5, 5.41) is 15.9. The number of hydrogen-bond donors (Lipinski definition) is 0. The second kappa shape index (κ2) is 4.98. The highest BCUT2D eigenvalue weighted by Gasteiger charge is 2.18. The number of nitrogens with zero attached hydrogens (tertiary/aromatic N) is 5. The van der Waals surface area contributed by atoms with Gasteiger partial charge in [0.1, 0.15) is 11.7 Å². The molecule has 106 valence electrons. The van der Waals surface area contributed by atoms with Crippen molar-refractivity contribution in [2.75, 3.05) is 0 Å². The van der Waals surface area contributed by atoms with Crippen LogP contribution in [0.5, 0.6) is 11.6 Å². The zero-order chi connectivity index (χ0) is 15.0. The minimum absolute atomic E-state index is 0.0493. The van der Waals surface area contributed by atoms with Crippen molar-refractivity contribution in [1.29, 1.82) is 0 Å². The van der Waals surface area contributed by atoms with Gasteiger partial charge >= 0.3 is 5.69 Å². The molecular formula is C12H8ClN5O3. The lowest BCUT2D eigenvalue weighted by Crippen LogP contribution is -1.96. The van der Waals surface area contributed by atoms with Gasteiger partial charge in [0, 0.05) is 18.1 Å². The number of rotatable bonds is 3. The SMILES string of the molecule is Cn1ncc2c(Oc3ccc(Cl)cc3[N+](=O)[O-])ncnc21. The molecule has 2 heterocycles. The Hall–Kier alpha value is -2.74. The topological polar surface area (TPSA) is 96.0 Å². The molecule has 0 aliphatic carbocycles. The first-order chi connectivity index (χ1) is 10.1. The van der Waals surface area contributed by atoms with Crippen molar-refractivity contribution in [2.24, 2.45) is 7.05 Å². The summed E-state index contributed by atoms with van der Waals surface area (Å²) in [4.78, 5) is 18.5. The van der Waals surface area contributed by atoms with Crippen molar-refractivity contribution in [3.8, 4) is 11.6 Å². The van der Waals surface area contributed by atoms with Gasteiger partial charge in [-0.25, -0.2) is 9.97 Å². The Morgan fingerprint density at radius 3 is 2.95 bits per heavy atom. The van der Waals surface area contributed by atoms with Crippen LogP contribution in [0.3, 0.4) is 0 Å². The number of ether oxygens (including phenoxy) is 1. The lowest BCUT2D eigenvalue weighted by Gasteiger charge is -2.06. The van der Waals surface area contributed by atoms with E-state index in [0.29, 0.717) is 11.0 Å². The third kappa shape index (κ3) is 2.36. The Morgan fingerprint density at radius 2 is 2.19 bits per heavy atom. The summed E-state index contributed by atoms with van der Waals surface area (Å²) in [7, 11) is 1.73. The second-order valence-electron chi connectivity index (χ2n) is 4.16. The van der Waals surface area contributed by atoms with Crippen molar-refractivity contribution in [3.63, 3.8) is 0 Å². The van der Waals surface area contributed by atoms with Crippen LogP contribution in [-0.4, -0.2) is 24.7 Å². The molecule has 1 aromatic carbocycles. The average molecular weight is 306 g/mol. The summed E-state index contributed by atoms with van der Waals surface area (Å²) in [6.45, 7) is 0. The van der Waals surface area contributed by atoms with Crippen LogP contribution >= 0.6 is 11.6 Å². The van der Waals surface area contributed by atoms with E-state index in [0.717, 1.165) is 0 Å². The summed E-state index contributed by atoms with van der Waals surface area (Å²) in [5.74, 6) is 0.242. The molecule has 9 heteroatoms. The fraction of sp³-hybridized carbons (Fsp3) is 0.0833. The minimum Gasteiger partial charge on any atom is -0.431 e. The van der Waals surface area contributed by atoms with Crippen molar-refractivity contribution in [2.45, 2.75) is 0 Å². The molecule has 0 saturated carbocycles. The van der Waals surface area contributed by atoms with Crippen LogP contribution in [0.2, 0.25) is 5.02 Å². The molecule has 0 N–H and O–H groups in total. The maximum absolute atomic E-state index is 11.0. The predicted molar refractivity (Wildman–Crippen MR) is 74.5 cm³/mol. The number of halogens is 1. The van der Waals surface area contributed by atoms with Crippen molar-refractivity contribution < 1.29 is 9.66 Å². The van der Waals surface area contributed by atoms with Crippen molar-refractivity contribution >= 4 is 28.3 Å². The fourth-order valence-electron chi connectivity index (χ4n) is 1.85. The first kappa shape index (κ1) is 13.3. The minimum atomic E-state index is -0.567. The summed E-state index contributed by atoms with van der Waals surface area (Å²) in [6.07, 6.45) is 2.84. The molecule has 0 spiro atoms. The zero-order valence-corrected chi connectivity index (χ0v) is 11.5. The normalized spacial score (nSPS) is 10.8. The molecule has 0 aliphatic rings. The molecular weight excluding hydrogens is 298 g/mol. The van der Waals surface area contributed by atoms with Gasteiger partial charge in [-0.15, -0.1) is 0 Å². The van der Waals surface area contributed by atoms with Crippen LogP contribution in [0.15, 0.2) is 30.7 Å². The van der Waals surface area contributed by atoms with Gasteiger partial charge in [0.2, 0.25) is 11.6 Å². The first-order valence-corrected chi connectivity index (χ1v) is 6.18. The van der Waals surface area contributed by atoms with Gasteiger partial charge < -0.3 is 4.74 Å². The highest BCUT2D eigenvalue weighted by molar-refractivity contribution is 6.30. The van der Waals surface area contributed by atoms with Gasteiger partial charge in [-0.3, -0.25) is 14.8 Å². The number of aryl methyl sites for hydroxylation is 1. The second-order valence-corrected chi connectivity index (χ2v) is 4.59. The van der Waals surface area contributed by atoms with E-state index in [1.54, 1.807) is 11.7 Å². The molecule has 0 unspecified atom stereocenters. The zero-order valence-electron chi connectivity index (χ0n) is 10.7. The third-order valence-corrected chi connectivity index (χ3v) is 3.05. The predicted octanol–water partition coefficient (Wildman–Crippen LogP) is 2.72. The molecule has 0 bridgehead atoms. The van der Waals surface area contributed by atoms with E-state index in [1.165, 1.54) is 30.7 Å². The summed E-state index contributed by atoms with van der Waals surface area (Å²) >= 11 is 5.76. The average Bonchev–Trinajstić information content (AvgIpc) is 2.83. The molecule has 0 amide bonds. The first-order valence-electron chi connectivity index (χ1n) is 5.81. The van der Waals surface area contributed by atoms with Gasteiger partial charge in [0.15, 0.2) is 5.65 Å². The van der Waals surface area contributed by atoms with Crippen LogP contribution in [0.25, 0.3) is 11.0 Å². The molecule has 0 fully saturated rings. The van der Waals surface area contributed by atoms with E-state index in [2.05, 4.69) is 15.1 Å². The van der Waals surface area contributed by atoms with Crippen LogP contribution in [0, 0.1) is 10.1 Å². The summed E-state index contributed by atoms with van der Waals surface area (Å²) in [6, 6.07) is 4.15. The Morgan fingerprint density at radius 1 is 1.38 bits per heavy atom. The molecule has 0 aliphatic heterocycles. The van der Waals surface area contributed by atoms with Crippen LogP contribution in [0.4, 0.5) is 5.69 Å². The Labute approximate surface area is 123 Å². The smallest absolute Gasteiger partial charge is 0.313 e. The maximum Gasteiger partial charge on any atom is 0.313 e. The van der Waals surface area contributed by atoms with Gasteiger partial charge in [-0.2, -0.15) is 5.10 Å². The molecule has 3 aromatic rings. The third-order valence-electron chi connectivity index (χ3n) is 2.82. The molecule has 8 nitrogen and oxygen atoms in total.